The van der Waals surface area contributed by atoms with Crippen LogP contribution in [-0.2, 0) is 11.3 Å². The standard InChI is InChI=1S/C16H25NO3/c1-3-17(4-2)10-5-6-11-20-16(19)15-9-7-8-14(12-15)13-18/h7-9,12,18H,3-6,10-11,13H2,1-2H3. The van der Waals surface area contributed by atoms with Crippen LogP contribution in [0.1, 0.15) is 42.6 Å². The van der Waals surface area contributed by atoms with Gasteiger partial charge in [0.05, 0.1) is 18.8 Å². The van der Waals surface area contributed by atoms with Crippen molar-refractivity contribution >= 4 is 5.97 Å². The quantitative estimate of drug-likeness (QED) is 0.557. The molecule has 1 N–H and O–H groups in total. The van der Waals surface area contributed by atoms with Crippen LogP contribution in [-0.4, -0.2) is 42.2 Å². The maximum atomic E-state index is 11.8. The SMILES string of the molecule is CCN(CC)CCCCOC(=O)c1cccc(CO)c1. The number of carbonyl (C=O) groups is 1. The molecule has 0 heterocycles. The van der Waals surface area contributed by atoms with Crippen molar-refractivity contribution in [2.45, 2.75) is 33.3 Å². The third-order valence-corrected chi connectivity index (χ3v) is 3.34. The Bertz CT molecular complexity index is 402. The number of rotatable bonds is 9. The zero-order valence-corrected chi connectivity index (χ0v) is 12.5. The monoisotopic (exact) mass is 279 g/mol. The number of benzene rings is 1. The number of nitrogens with zero attached hydrogens (tertiary/aromatic N) is 1. The Morgan fingerprint density at radius 3 is 2.65 bits per heavy atom. The number of hydrogen-bond donors (Lipinski definition) is 1. The molecular weight excluding hydrogens is 254 g/mol. The van der Waals surface area contributed by atoms with Crippen LogP contribution < -0.4 is 0 Å². The predicted octanol–water partition coefficient (Wildman–Crippen LogP) is 2.46. The smallest absolute Gasteiger partial charge is 0.338 e. The first kappa shape index (κ1) is 16.7. The van der Waals surface area contributed by atoms with Gasteiger partial charge < -0.3 is 14.7 Å². The fourth-order valence-electron chi connectivity index (χ4n) is 2.02. The predicted molar refractivity (Wildman–Crippen MR) is 79.7 cm³/mol. The average molecular weight is 279 g/mol. The zero-order valence-electron chi connectivity index (χ0n) is 12.5. The number of aliphatic hydroxyl groups excluding tert-OH is 1. The highest BCUT2D eigenvalue weighted by Gasteiger charge is 2.07. The molecule has 0 spiro atoms. The fraction of sp³-hybridized carbons (Fsp3) is 0.562. The van der Waals surface area contributed by atoms with E-state index in [1.165, 1.54) is 0 Å². The molecule has 4 heteroatoms. The molecule has 0 radical (unpaired) electrons. The van der Waals surface area contributed by atoms with E-state index < -0.39 is 0 Å². The largest absolute Gasteiger partial charge is 0.462 e. The Labute approximate surface area is 121 Å². The topological polar surface area (TPSA) is 49.8 Å². The molecule has 1 rings (SSSR count). The lowest BCUT2D eigenvalue weighted by Gasteiger charge is -2.17. The third kappa shape index (κ3) is 5.72. The molecule has 0 unspecified atom stereocenters. The van der Waals surface area contributed by atoms with Crippen LogP contribution in [0.15, 0.2) is 24.3 Å². The number of carbonyl (C=O) groups excluding carboxylic acids is 1. The Morgan fingerprint density at radius 2 is 2.00 bits per heavy atom. The van der Waals surface area contributed by atoms with Gasteiger partial charge in [0, 0.05) is 0 Å². The summed E-state index contributed by atoms with van der Waals surface area (Å²) in [6.45, 7) is 7.85. The maximum absolute atomic E-state index is 11.8. The Kier molecular flexibility index (Phi) is 7.92. The van der Waals surface area contributed by atoms with Crippen molar-refractivity contribution in [1.82, 2.24) is 4.90 Å². The van der Waals surface area contributed by atoms with Gasteiger partial charge in [-0.3, -0.25) is 0 Å². The molecule has 1 aromatic carbocycles. The summed E-state index contributed by atoms with van der Waals surface area (Å²) < 4.78 is 5.24. The second-order valence-electron chi connectivity index (χ2n) is 4.73. The molecule has 0 saturated heterocycles. The lowest BCUT2D eigenvalue weighted by atomic mass is 10.1. The lowest BCUT2D eigenvalue weighted by Crippen LogP contribution is -2.24. The van der Waals surface area contributed by atoms with Crippen molar-refractivity contribution in [3.8, 4) is 0 Å². The minimum atomic E-state index is -0.317. The highest BCUT2D eigenvalue weighted by atomic mass is 16.5. The van der Waals surface area contributed by atoms with Crippen molar-refractivity contribution in [3.63, 3.8) is 0 Å². The van der Waals surface area contributed by atoms with Crippen LogP contribution >= 0.6 is 0 Å². The molecule has 0 aromatic heterocycles. The number of unbranched alkanes of at least 4 members (excludes halogenated alkanes) is 1. The van der Waals surface area contributed by atoms with E-state index >= 15 is 0 Å². The first-order valence-electron chi connectivity index (χ1n) is 7.30. The van der Waals surface area contributed by atoms with Crippen molar-refractivity contribution in [3.05, 3.63) is 35.4 Å². The van der Waals surface area contributed by atoms with E-state index in [1.54, 1.807) is 24.3 Å². The lowest BCUT2D eigenvalue weighted by molar-refractivity contribution is 0.0495. The summed E-state index contributed by atoms with van der Waals surface area (Å²) in [6, 6.07) is 6.90. The van der Waals surface area contributed by atoms with Crippen LogP contribution in [0.3, 0.4) is 0 Å². The maximum Gasteiger partial charge on any atom is 0.338 e. The van der Waals surface area contributed by atoms with E-state index in [4.69, 9.17) is 9.84 Å². The van der Waals surface area contributed by atoms with Gasteiger partial charge in [0.2, 0.25) is 0 Å². The van der Waals surface area contributed by atoms with Gasteiger partial charge in [0.25, 0.3) is 0 Å². The summed E-state index contributed by atoms with van der Waals surface area (Å²) in [7, 11) is 0. The molecule has 1 aromatic rings. The molecule has 112 valence electrons. The van der Waals surface area contributed by atoms with Crippen molar-refractivity contribution in [2.75, 3.05) is 26.2 Å². The Hall–Kier alpha value is -1.39. The molecule has 0 amide bonds. The molecule has 0 aliphatic carbocycles. The van der Waals surface area contributed by atoms with Gasteiger partial charge in [-0.1, -0.05) is 26.0 Å². The van der Waals surface area contributed by atoms with Gasteiger partial charge in [0.1, 0.15) is 0 Å². The normalized spacial score (nSPS) is 10.8. The second-order valence-corrected chi connectivity index (χ2v) is 4.73. The van der Waals surface area contributed by atoms with E-state index in [-0.39, 0.29) is 12.6 Å². The van der Waals surface area contributed by atoms with Gasteiger partial charge in [-0.15, -0.1) is 0 Å². The molecule has 0 fully saturated rings. The van der Waals surface area contributed by atoms with E-state index in [0.29, 0.717) is 12.2 Å². The number of hydrogen-bond acceptors (Lipinski definition) is 4. The minimum Gasteiger partial charge on any atom is -0.462 e. The summed E-state index contributed by atoms with van der Waals surface area (Å²) in [5.74, 6) is -0.317. The first-order valence-corrected chi connectivity index (χ1v) is 7.30. The van der Waals surface area contributed by atoms with Crippen molar-refractivity contribution in [2.24, 2.45) is 0 Å². The van der Waals surface area contributed by atoms with Crippen molar-refractivity contribution < 1.29 is 14.6 Å². The van der Waals surface area contributed by atoms with Crippen LogP contribution in [0.5, 0.6) is 0 Å². The number of aliphatic hydroxyl groups is 1. The number of ether oxygens (including phenoxy) is 1. The zero-order chi connectivity index (χ0) is 14.8. The Morgan fingerprint density at radius 1 is 1.25 bits per heavy atom. The Balaban J connectivity index is 2.26. The molecule has 20 heavy (non-hydrogen) atoms. The second kappa shape index (κ2) is 9.50. The molecule has 4 nitrogen and oxygen atoms in total. The molecule has 0 aliphatic rings. The van der Waals surface area contributed by atoms with Gasteiger partial charge in [0.15, 0.2) is 0 Å². The van der Waals surface area contributed by atoms with E-state index in [1.807, 2.05) is 0 Å². The summed E-state index contributed by atoms with van der Waals surface area (Å²) >= 11 is 0. The van der Waals surface area contributed by atoms with Gasteiger partial charge in [-0.05, 0) is 50.2 Å². The third-order valence-electron chi connectivity index (χ3n) is 3.34. The highest BCUT2D eigenvalue weighted by Crippen LogP contribution is 2.07. The van der Waals surface area contributed by atoms with Gasteiger partial charge in [-0.25, -0.2) is 4.79 Å². The number of esters is 1. The highest BCUT2D eigenvalue weighted by molar-refractivity contribution is 5.89. The van der Waals surface area contributed by atoms with Crippen LogP contribution in [0.25, 0.3) is 0 Å². The summed E-state index contributed by atoms with van der Waals surface area (Å²) in [5.41, 5.74) is 1.22. The molecule has 0 bridgehead atoms. The van der Waals surface area contributed by atoms with E-state index in [9.17, 15) is 4.79 Å². The van der Waals surface area contributed by atoms with Gasteiger partial charge >= 0.3 is 5.97 Å². The van der Waals surface area contributed by atoms with Crippen LogP contribution in [0.4, 0.5) is 0 Å². The molecular formula is C16H25NO3. The fourth-order valence-corrected chi connectivity index (χ4v) is 2.02. The van der Waals surface area contributed by atoms with Crippen LogP contribution in [0.2, 0.25) is 0 Å². The molecule has 0 aliphatic heterocycles. The first-order chi connectivity index (χ1) is 9.71. The summed E-state index contributed by atoms with van der Waals surface area (Å²) in [5, 5.41) is 9.03. The summed E-state index contributed by atoms with van der Waals surface area (Å²) in [6.07, 6.45) is 1.91. The molecule has 0 saturated carbocycles. The average Bonchev–Trinajstić information content (AvgIpc) is 2.50. The van der Waals surface area contributed by atoms with E-state index in [0.717, 1.165) is 38.0 Å². The van der Waals surface area contributed by atoms with Gasteiger partial charge in [-0.2, -0.15) is 0 Å². The van der Waals surface area contributed by atoms with Crippen molar-refractivity contribution in [1.29, 1.82) is 0 Å². The van der Waals surface area contributed by atoms with Crippen LogP contribution in [0, 0.1) is 0 Å². The summed E-state index contributed by atoms with van der Waals surface area (Å²) in [4.78, 5) is 14.2. The minimum absolute atomic E-state index is 0.0645. The van der Waals surface area contributed by atoms with E-state index in [2.05, 4.69) is 18.7 Å². The molecule has 0 atom stereocenters.